The molecule has 36 heavy (non-hydrogen) atoms. The number of hydrogen-bond acceptors (Lipinski definition) is 9. The molecule has 4 N–H and O–H groups in total. The molecule has 196 valence electrons. The van der Waals surface area contributed by atoms with Crippen LogP contribution >= 0.6 is 19.1 Å². The molecular formula is C22H31ClN7O5P. The fourth-order valence-corrected chi connectivity index (χ4v) is 5.19. The number of nitrogens with two attached hydrogens (primary N) is 1. The van der Waals surface area contributed by atoms with Crippen molar-refractivity contribution >= 4 is 42.0 Å². The largest absolute Gasteiger partial charge is 0.431 e. The Morgan fingerprint density at radius 1 is 1.19 bits per heavy atom. The van der Waals surface area contributed by atoms with Gasteiger partial charge in [-0.05, 0) is 45.0 Å². The number of benzene rings is 1. The van der Waals surface area contributed by atoms with Gasteiger partial charge in [0.1, 0.15) is 30.0 Å². The van der Waals surface area contributed by atoms with E-state index in [1.54, 1.807) is 42.1 Å². The van der Waals surface area contributed by atoms with Gasteiger partial charge >= 0.3 is 7.52 Å². The third-order valence-electron chi connectivity index (χ3n) is 4.91. The number of ether oxygens (including phenoxy) is 2. The van der Waals surface area contributed by atoms with Crippen molar-refractivity contribution < 1.29 is 23.4 Å². The highest BCUT2D eigenvalue weighted by Gasteiger charge is 2.33. The van der Waals surface area contributed by atoms with E-state index in [0.29, 0.717) is 28.5 Å². The van der Waals surface area contributed by atoms with Crippen molar-refractivity contribution in [1.29, 1.82) is 0 Å². The van der Waals surface area contributed by atoms with Crippen LogP contribution in [0.1, 0.15) is 20.8 Å². The SMILES string of the molecule is COC[C@H](NP(=O)(CO[C@H](C)Cn1cnc2c(N)ncnc21)Oc1ccc(Cl)cc1)C(=O)NC(C)C. The van der Waals surface area contributed by atoms with E-state index in [1.807, 2.05) is 13.8 Å². The molecule has 0 radical (unpaired) electrons. The summed E-state index contributed by atoms with van der Waals surface area (Å²) in [6.07, 6.45) is 2.20. The fraction of sp³-hybridized carbons (Fsp3) is 0.455. The molecule has 2 aromatic heterocycles. The van der Waals surface area contributed by atoms with Crippen LogP contribution in [-0.2, 0) is 25.4 Å². The van der Waals surface area contributed by atoms with E-state index in [-0.39, 0.29) is 30.7 Å². The van der Waals surface area contributed by atoms with Gasteiger partial charge in [-0.15, -0.1) is 0 Å². The van der Waals surface area contributed by atoms with Crippen LogP contribution in [-0.4, -0.2) is 63.7 Å². The lowest BCUT2D eigenvalue weighted by Crippen LogP contribution is -2.48. The molecule has 1 unspecified atom stereocenters. The number of anilines is 1. The third-order valence-corrected chi connectivity index (χ3v) is 6.86. The molecule has 0 bridgehead atoms. The second-order valence-corrected chi connectivity index (χ2v) is 10.9. The van der Waals surface area contributed by atoms with Crippen molar-refractivity contribution in [3.63, 3.8) is 0 Å². The summed E-state index contributed by atoms with van der Waals surface area (Å²) < 4.78 is 32.6. The van der Waals surface area contributed by atoms with Crippen molar-refractivity contribution in [2.75, 3.05) is 25.8 Å². The number of methoxy groups -OCH3 is 1. The minimum absolute atomic E-state index is 0.0236. The molecule has 0 spiro atoms. The highest BCUT2D eigenvalue weighted by Crippen LogP contribution is 2.44. The number of imidazole rings is 1. The minimum Gasteiger partial charge on any atom is -0.431 e. The van der Waals surface area contributed by atoms with Crippen LogP contribution in [0.15, 0.2) is 36.9 Å². The second-order valence-electron chi connectivity index (χ2n) is 8.45. The highest BCUT2D eigenvalue weighted by atomic mass is 35.5. The Kier molecular flexibility index (Phi) is 9.63. The Morgan fingerprint density at radius 2 is 1.92 bits per heavy atom. The van der Waals surface area contributed by atoms with E-state index in [0.717, 1.165) is 0 Å². The quantitative estimate of drug-likeness (QED) is 0.276. The first kappa shape index (κ1) is 27.8. The van der Waals surface area contributed by atoms with E-state index >= 15 is 0 Å². The first-order chi connectivity index (χ1) is 17.1. The predicted octanol–water partition coefficient (Wildman–Crippen LogP) is 2.83. The zero-order valence-corrected chi connectivity index (χ0v) is 22.2. The average molecular weight is 540 g/mol. The Hall–Kier alpha value is -2.76. The van der Waals surface area contributed by atoms with Crippen molar-refractivity contribution in [3.8, 4) is 5.75 Å². The van der Waals surface area contributed by atoms with Gasteiger partial charge in [-0.25, -0.2) is 20.0 Å². The summed E-state index contributed by atoms with van der Waals surface area (Å²) in [6, 6.07) is 5.34. The van der Waals surface area contributed by atoms with Crippen LogP contribution < -0.4 is 20.7 Å². The maximum atomic E-state index is 13.9. The molecule has 0 aliphatic carbocycles. The first-order valence-corrected chi connectivity index (χ1v) is 13.4. The summed E-state index contributed by atoms with van der Waals surface area (Å²) in [4.78, 5) is 25.1. The summed E-state index contributed by atoms with van der Waals surface area (Å²) in [5, 5.41) is 6.12. The van der Waals surface area contributed by atoms with Crippen LogP contribution in [0.5, 0.6) is 5.75 Å². The Morgan fingerprint density at radius 3 is 2.58 bits per heavy atom. The average Bonchev–Trinajstić information content (AvgIpc) is 3.23. The Bertz CT molecular complexity index is 1210. The molecule has 14 heteroatoms. The lowest BCUT2D eigenvalue weighted by molar-refractivity contribution is -0.124. The van der Waals surface area contributed by atoms with Crippen LogP contribution in [0.4, 0.5) is 5.82 Å². The summed E-state index contributed by atoms with van der Waals surface area (Å²) in [7, 11) is -2.31. The van der Waals surface area contributed by atoms with Gasteiger partial charge in [0.15, 0.2) is 11.5 Å². The Balaban J connectivity index is 1.76. The topological polar surface area (TPSA) is 156 Å². The maximum Gasteiger partial charge on any atom is 0.342 e. The molecule has 2 heterocycles. The van der Waals surface area contributed by atoms with Crippen LogP contribution in [0.2, 0.25) is 5.02 Å². The summed E-state index contributed by atoms with van der Waals surface area (Å²) in [5.74, 6) is 0.211. The van der Waals surface area contributed by atoms with Crippen molar-refractivity contribution in [1.82, 2.24) is 29.9 Å². The minimum atomic E-state index is -3.77. The normalized spacial score (nSPS) is 14.9. The number of halogens is 1. The predicted molar refractivity (Wildman–Crippen MR) is 137 cm³/mol. The van der Waals surface area contributed by atoms with E-state index in [4.69, 9.17) is 31.3 Å². The summed E-state index contributed by atoms with van der Waals surface area (Å²) >= 11 is 5.96. The zero-order valence-electron chi connectivity index (χ0n) is 20.6. The molecule has 0 fully saturated rings. The van der Waals surface area contributed by atoms with Gasteiger partial charge in [-0.2, -0.15) is 0 Å². The maximum absolute atomic E-state index is 13.9. The van der Waals surface area contributed by atoms with Crippen molar-refractivity contribution in [2.24, 2.45) is 0 Å². The van der Waals surface area contributed by atoms with E-state index in [2.05, 4.69) is 25.4 Å². The number of carbonyl (C=O) groups is 1. The summed E-state index contributed by atoms with van der Waals surface area (Å²) in [5.41, 5.74) is 6.90. The zero-order chi connectivity index (χ0) is 26.3. The lowest BCUT2D eigenvalue weighted by Gasteiger charge is -2.27. The number of rotatable bonds is 13. The molecule has 0 saturated carbocycles. The molecule has 3 aromatic rings. The molecule has 1 amide bonds. The van der Waals surface area contributed by atoms with E-state index < -0.39 is 19.7 Å². The van der Waals surface area contributed by atoms with Gasteiger partial charge in [-0.3, -0.25) is 9.36 Å². The number of aromatic nitrogens is 4. The molecule has 1 aromatic carbocycles. The van der Waals surface area contributed by atoms with Crippen LogP contribution in [0.25, 0.3) is 11.2 Å². The third kappa shape index (κ3) is 7.62. The molecule has 3 atom stereocenters. The van der Waals surface area contributed by atoms with Gasteiger partial charge in [-0.1, -0.05) is 11.6 Å². The molecule has 0 saturated heterocycles. The summed E-state index contributed by atoms with van der Waals surface area (Å²) in [6.45, 7) is 5.79. The first-order valence-electron chi connectivity index (χ1n) is 11.2. The number of carbonyl (C=O) groups excluding carboxylic acids is 1. The van der Waals surface area contributed by atoms with E-state index in [9.17, 15) is 9.36 Å². The van der Waals surface area contributed by atoms with Crippen molar-refractivity contribution in [3.05, 3.63) is 41.9 Å². The van der Waals surface area contributed by atoms with Crippen LogP contribution in [0, 0.1) is 0 Å². The number of nitrogens with zero attached hydrogens (tertiary/aromatic N) is 4. The van der Waals surface area contributed by atoms with Gasteiger partial charge in [0, 0.05) is 18.2 Å². The monoisotopic (exact) mass is 539 g/mol. The van der Waals surface area contributed by atoms with E-state index in [1.165, 1.54) is 13.4 Å². The van der Waals surface area contributed by atoms with Gasteiger partial charge < -0.3 is 29.6 Å². The van der Waals surface area contributed by atoms with Gasteiger partial charge in [0.25, 0.3) is 0 Å². The number of nitrogens with one attached hydrogen (secondary N) is 2. The molecule has 0 aliphatic rings. The van der Waals surface area contributed by atoms with Gasteiger partial charge in [0.2, 0.25) is 5.91 Å². The number of nitrogen functional groups attached to an aromatic ring is 1. The smallest absolute Gasteiger partial charge is 0.342 e. The van der Waals surface area contributed by atoms with Crippen LogP contribution in [0.3, 0.4) is 0 Å². The Labute approximate surface area is 214 Å². The number of amides is 1. The molecule has 12 nitrogen and oxygen atoms in total. The van der Waals surface area contributed by atoms with Crippen molar-refractivity contribution in [2.45, 2.75) is 45.5 Å². The lowest BCUT2D eigenvalue weighted by atomic mass is 10.3. The van der Waals surface area contributed by atoms with Gasteiger partial charge in [0.05, 0.1) is 25.6 Å². The molecule has 3 rings (SSSR count). The molecule has 0 aliphatic heterocycles. The standard InChI is InChI=1S/C22H31ClN7O5P/c1-14(2)28-22(31)18(10-33-4)29-36(32,35-17-7-5-16(23)6-8-17)13-34-15(3)9-30-12-27-19-20(24)25-11-26-21(19)30/h5-8,11-12,14-15,18H,9-10,13H2,1-4H3,(H,28,31)(H,29,32)(H2,24,25,26)/t15-,18+,36?/m1/s1. The second kappa shape index (κ2) is 12.5. The number of hydrogen-bond donors (Lipinski definition) is 3. The molecular weight excluding hydrogens is 509 g/mol. The number of fused-ring (bicyclic) bond motifs is 1. The fourth-order valence-electron chi connectivity index (χ4n) is 3.30. The highest BCUT2D eigenvalue weighted by molar-refractivity contribution is 7.57.